The van der Waals surface area contributed by atoms with Crippen molar-refractivity contribution in [3.63, 3.8) is 0 Å². The molecule has 1 aromatic rings. The fourth-order valence-electron chi connectivity index (χ4n) is 4.02. The predicted molar refractivity (Wildman–Crippen MR) is 88.9 cm³/mol. The molecule has 0 unspecified atom stereocenters. The minimum absolute atomic E-state index is 0.133. The summed E-state index contributed by atoms with van der Waals surface area (Å²) in [6.45, 7) is 7.06. The van der Waals surface area contributed by atoms with Gasteiger partial charge in [-0.25, -0.2) is 0 Å². The molecular weight excluding hydrogens is 276 g/mol. The zero-order valence-electron chi connectivity index (χ0n) is 13.8. The van der Waals surface area contributed by atoms with Gasteiger partial charge < -0.3 is 9.84 Å². The summed E-state index contributed by atoms with van der Waals surface area (Å²) in [5.74, 6) is 1.32. The van der Waals surface area contributed by atoms with Crippen molar-refractivity contribution in [3.8, 4) is 11.5 Å². The van der Waals surface area contributed by atoms with Gasteiger partial charge in [-0.2, -0.15) is 10.2 Å². The van der Waals surface area contributed by atoms with Crippen LogP contribution in [0.3, 0.4) is 0 Å². The van der Waals surface area contributed by atoms with Crippen molar-refractivity contribution in [2.24, 2.45) is 27.0 Å². The van der Waals surface area contributed by atoms with Crippen LogP contribution < -0.4 is 4.74 Å². The maximum Gasteiger partial charge on any atom is 0.161 e. The molecule has 2 aliphatic rings. The number of hydrogen-bond donors (Lipinski definition) is 1. The zero-order valence-corrected chi connectivity index (χ0v) is 13.8. The summed E-state index contributed by atoms with van der Waals surface area (Å²) >= 11 is 0. The van der Waals surface area contributed by atoms with Gasteiger partial charge >= 0.3 is 0 Å². The zero-order chi connectivity index (χ0) is 16.0. The minimum Gasteiger partial charge on any atom is -0.504 e. The quantitative estimate of drug-likeness (QED) is 0.677. The first-order valence-electron chi connectivity index (χ1n) is 7.86. The fourth-order valence-corrected chi connectivity index (χ4v) is 4.02. The van der Waals surface area contributed by atoms with Crippen LogP contribution >= 0.6 is 0 Å². The Labute approximate surface area is 131 Å². The lowest BCUT2D eigenvalue weighted by molar-refractivity contribution is 0.194. The van der Waals surface area contributed by atoms with E-state index in [0.717, 1.165) is 17.9 Å². The second kappa shape index (κ2) is 5.11. The summed E-state index contributed by atoms with van der Waals surface area (Å²) in [5, 5.41) is 18.4. The number of methoxy groups -OCH3 is 1. The molecule has 2 fully saturated rings. The number of hydrogen-bond acceptors (Lipinski definition) is 4. The molecular formula is C18H24N2O2. The molecule has 1 aromatic carbocycles. The first kappa shape index (κ1) is 15.1. The van der Waals surface area contributed by atoms with Gasteiger partial charge in [0.25, 0.3) is 0 Å². The van der Waals surface area contributed by atoms with Crippen molar-refractivity contribution in [2.75, 3.05) is 7.11 Å². The Kier molecular flexibility index (Phi) is 3.50. The van der Waals surface area contributed by atoms with E-state index in [-0.39, 0.29) is 11.2 Å². The molecule has 4 nitrogen and oxygen atoms in total. The standard InChI is InChI=1S/C18H24N2O2/c1-17(2)13-7-8-18(17,3)16(10-13)20-19-11-12-5-6-14(21)15(9-12)22-4/h5-6,9,11,13,21H,7-8,10H2,1-4H3/b19-11+,20-16-/t13-,18-/m1/s1. The van der Waals surface area contributed by atoms with Gasteiger partial charge in [-0.1, -0.05) is 20.8 Å². The van der Waals surface area contributed by atoms with Gasteiger partial charge in [0.2, 0.25) is 0 Å². The minimum atomic E-state index is 0.133. The third kappa shape index (κ3) is 2.13. The van der Waals surface area contributed by atoms with E-state index in [2.05, 4.69) is 31.0 Å². The predicted octanol–water partition coefficient (Wildman–Crippen LogP) is 4.02. The van der Waals surface area contributed by atoms with Gasteiger partial charge in [0.1, 0.15) is 0 Å². The average Bonchev–Trinajstić information content (AvgIpc) is 2.82. The number of benzene rings is 1. The van der Waals surface area contributed by atoms with Crippen LogP contribution in [0.4, 0.5) is 0 Å². The Morgan fingerprint density at radius 2 is 2.09 bits per heavy atom. The molecule has 4 heteroatoms. The molecule has 118 valence electrons. The molecule has 0 heterocycles. The Morgan fingerprint density at radius 3 is 2.68 bits per heavy atom. The largest absolute Gasteiger partial charge is 0.504 e. The van der Waals surface area contributed by atoms with E-state index in [9.17, 15) is 5.11 Å². The van der Waals surface area contributed by atoms with Gasteiger partial charge in [-0.05, 0) is 54.4 Å². The lowest BCUT2D eigenvalue weighted by Crippen LogP contribution is -2.32. The van der Waals surface area contributed by atoms with E-state index in [4.69, 9.17) is 4.74 Å². The van der Waals surface area contributed by atoms with Crippen LogP contribution in [0.5, 0.6) is 11.5 Å². The number of nitrogens with zero attached hydrogens (tertiary/aromatic N) is 2. The molecule has 0 aliphatic heterocycles. The molecule has 0 radical (unpaired) electrons. The topological polar surface area (TPSA) is 54.2 Å². The first-order chi connectivity index (χ1) is 10.4. The van der Waals surface area contributed by atoms with Crippen molar-refractivity contribution in [1.82, 2.24) is 0 Å². The third-order valence-electron chi connectivity index (χ3n) is 6.10. The highest BCUT2D eigenvalue weighted by molar-refractivity contribution is 5.94. The van der Waals surface area contributed by atoms with Crippen molar-refractivity contribution in [2.45, 2.75) is 40.0 Å². The fraction of sp³-hybridized carbons (Fsp3) is 0.556. The third-order valence-corrected chi connectivity index (χ3v) is 6.10. The van der Waals surface area contributed by atoms with E-state index >= 15 is 0 Å². The van der Waals surface area contributed by atoms with Crippen molar-refractivity contribution in [1.29, 1.82) is 0 Å². The molecule has 0 spiro atoms. The highest BCUT2D eigenvalue weighted by Gasteiger charge is 2.59. The summed E-state index contributed by atoms with van der Waals surface area (Å²) in [6.07, 6.45) is 5.31. The molecule has 0 amide bonds. The molecule has 2 aliphatic carbocycles. The monoisotopic (exact) mass is 300 g/mol. The van der Waals surface area contributed by atoms with E-state index < -0.39 is 0 Å². The van der Waals surface area contributed by atoms with Crippen LogP contribution in [0.2, 0.25) is 0 Å². The summed E-state index contributed by atoms with van der Waals surface area (Å²) in [5.41, 5.74) is 2.60. The van der Waals surface area contributed by atoms with Gasteiger partial charge in [-0.3, -0.25) is 0 Å². The van der Waals surface area contributed by atoms with Crippen LogP contribution in [-0.2, 0) is 0 Å². The first-order valence-corrected chi connectivity index (χ1v) is 7.86. The number of ether oxygens (including phenoxy) is 1. The molecule has 22 heavy (non-hydrogen) atoms. The van der Waals surface area contributed by atoms with Crippen LogP contribution in [0.15, 0.2) is 28.4 Å². The number of aromatic hydroxyl groups is 1. The average molecular weight is 300 g/mol. The van der Waals surface area contributed by atoms with E-state index in [1.165, 1.54) is 25.7 Å². The normalized spacial score (nSPS) is 31.3. The van der Waals surface area contributed by atoms with Crippen molar-refractivity contribution >= 4 is 11.9 Å². The molecule has 2 bridgehead atoms. The highest BCUT2D eigenvalue weighted by Crippen LogP contribution is 2.63. The molecule has 0 saturated heterocycles. The van der Waals surface area contributed by atoms with Crippen LogP contribution in [0.1, 0.15) is 45.6 Å². The lowest BCUT2D eigenvalue weighted by Gasteiger charge is -2.34. The van der Waals surface area contributed by atoms with E-state index in [0.29, 0.717) is 11.2 Å². The Hall–Kier alpha value is -1.84. The van der Waals surface area contributed by atoms with Gasteiger partial charge in [0.15, 0.2) is 11.5 Å². The molecule has 2 atom stereocenters. The van der Waals surface area contributed by atoms with Crippen molar-refractivity contribution in [3.05, 3.63) is 23.8 Å². The smallest absolute Gasteiger partial charge is 0.161 e. The van der Waals surface area contributed by atoms with Crippen LogP contribution in [0.25, 0.3) is 0 Å². The molecule has 1 N–H and O–H groups in total. The Morgan fingerprint density at radius 1 is 1.32 bits per heavy atom. The van der Waals surface area contributed by atoms with Gasteiger partial charge in [0, 0.05) is 11.1 Å². The number of rotatable bonds is 3. The SMILES string of the molecule is COc1cc(/C=N/N=C2/C[C@H]3CC[C@@]2(C)C3(C)C)ccc1O. The molecule has 0 aromatic heterocycles. The number of fused-ring (bicyclic) bond motifs is 2. The summed E-state index contributed by atoms with van der Waals surface area (Å²) < 4.78 is 5.10. The van der Waals surface area contributed by atoms with Crippen LogP contribution in [-0.4, -0.2) is 24.1 Å². The second-order valence-electron chi connectivity index (χ2n) is 7.22. The lowest BCUT2D eigenvalue weighted by atomic mass is 9.70. The molecule has 2 saturated carbocycles. The maximum atomic E-state index is 9.60. The van der Waals surface area contributed by atoms with Gasteiger partial charge in [-0.15, -0.1) is 0 Å². The summed E-state index contributed by atoms with van der Waals surface area (Å²) in [4.78, 5) is 0. The Balaban J connectivity index is 1.81. The van der Waals surface area contributed by atoms with E-state index in [1.54, 1.807) is 24.4 Å². The van der Waals surface area contributed by atoms with Crippen LogP contribution in [0, 0.1) is 16.7 Å². The summed E-state index contributed by atoms with van der Waals surface area (Å²) in [6, 6.07) is 5.16. The molecule has 3 rings (SSSR count). The highest BCUT2D eigenvalue weighted by atomic mass is 16.5. The number of phenols is 1. The maximum absolute atomic E-state index is 9.60. The number of phenolic OH excluding ortho intramolecular Hbond substituents is 1. The van der Waals surface area contributed by atoms with Gasteiger partial charge in [0.05, 0.1) is 13.3 Å². The second-order valence-corrected chi connectivity index (χ2v) is 7.22. The van der Waals surface area contributed by atoms with Crippen molar-refractivity contribution < 1.29 is 9.84 Å². The van der Waals surface area contributed by atoms with E-state index in [1.807, 2.05) is 0 Å². The Bertz CT molecular complexity index is 648. The summed E-state index contributed by atoms with van der Waals surface area (Å²) in [7, 11) is 1.54.